The van der Waals surface area contributed by atoms with Crippen molar-refractivity contribution in [2.24, 2.45) is 0 Å². The molecule has 0 N–H and O–H groups in total. The summed E-state index contributed by atoms with van der Waals surface area (Å²) in [6.45, 7) is 7.44. The standard InChI is InChI=1S/C14H22O3/c1-4-6-14-8-5-7-13(3,17-14)9-12(10-14)16-11(2)15/h4,12H,1,5-10H2,2-3H3/t12-,13-,14+/m0/s1. The minimum Gasteiger partial charge on any atom is -0.462 e. The van der Waals surface area contributed by atoms with Crippen molar-refractivity contribution in [2.45, 2.75) is 69.7 Å². The number of rotatable bonds is 3. The van der Waals surface area contributed by atoms with Crippen molar-refractivity contribution in [3.63, 3.8) is 0 Å². The Morgan fingerprint density at radius 3 is 2.94 bits per heavy atom. The zero-order valence-corrected chi connectivity index (χ0v) is 10.8. The van der Waals surface area contributed by atoms with Crippen molar-refractivity contribution in [2.75, 3.05) is 0 Å². The van der Waals surface area contributed by atoms with Gasteiger partial charge in [0.05, 0.1) is 11.2 Å². The Balaban J connectivity index is 2.15. The van der Waals surface area contributed by atoms with Gasteiger partial charge in [-0.15, -0.1) is 6.58 Å². The zero-order valence-electron chi connectivity index (χ0n) is 10.8. The number of hydrogen-bond donors (Lipinski definition) is 0. The molecule has 2 bridgehead atoms. The average molecular weight is 238 g/mol. The summed E-state index contributed by atoms with van der Waals surface area (Å²) < 4.78 is 11.7. The third-order valence-electron chi connectivity index (χ3n) is 3.91. The predicted octanol–water partition coefficient (Wildman–Crippen LogP) is 2.99. The van der Waals surface area contributed by atoms with Crippen molar-refractivity contribution < 1.29 is 14.3 Å². The Labute approximate surface area is 103 Å². The van der Waals surface area contributed by atoms with Gasteiger partial charge in [0.1, 0.15) is 6.10 Å². The summed E-state index contributed by atoms with van der Waals surface area (Å²) in [6.07, 6.45) is 7.71. The first kappa shape index (κ1) is 12.6. The Morgan fingerprint density at radius 2 is 2.29 bits per heavy atom. The van der Waals surface area contributed by atoms with Crippen LogP contribution in [0.15, 0.2) is 12.7 Å². The van der Waals surface area contributed by atoms with Crippen molar-refractivity contribution in [1.29, 1.82) is 0 Å². The molecule has 2 saturated heterocycles. The second kappa shape index (κ2) is 4.45. The van der Waals surface area contributed by atoms with Gasteiger partial charge >= 0.3 is 5.97 Å². The van der Waals surface area contributed by atoms with Crippen molar-refractivity contribution in [3.8, 4) is 0 Å². The van der Waals surface area contributed by atoms with Gasteiger partial charge in [0.25, 0.3) is 0 Å². The maximum atomic E-state index is 11.1. The van der Waals surface area contributed by atoms with Gasteiger partial charge in [0.15, 0.2) is 0 Å². The van der Waals surface area contributed by atoms with Crippen molar-refractivity contribution in [3.05, 3.63) is 12.7 Å². The highest BCUT2D eigenvalue weighted by molar-refractivity contribution is 5.66. The highest BCUT2D eigenvalue weighted by atomic mass is 16.6. The van der Waals surface area contributed by atoms with Crippen LogP contribution in [0.3, 0.4) is 0 Å². The van der Waals surface area contributed by atoms with Crippen LogP contribution in [-0.2, 0) is 14.3 Å². The van der Waals surface area contributed by atoms with Gasteiger partial charge in [0, 0.05) is 19.8 Å². The largest absolute Gasteiger partial charge is 0.462 e. The molecule has 0 aliphatic carbocycles. The lowest BCUT2D eigenvalue weighted by molar-refractivity contribution is -0.239. The van der Waals surface area contributed by atoms with E-state index in [0.29, 0.717) is 0 Å². The van der Waals surface area contributed by atoms with Gasteiger partial charge in [-0.2, -0.15) is 0 Å². The van der Waals surface area contributed by atoms with E-state index in [9.17, 15) is 4.79 Å². The summed E-state index contributed by atoms with van der Waals surface area (Å²) in [4.78, 5) is 11.1. The molecule has 96 valence electrons. The smallest absolute Gasteiger partial charge is 0.302 e. The first-order valence-electron chi connectivity index (χ1n) is 6.45. The van der Waals surface area contributed by atoms with Crippen molar-refractivity contribution >= 4 is 5.97 Å². The summed E-state index contributed by atoms with van der Waals surface area (Å²) in [5.41, 5.74) is -0.271. The highest BCUT2D eigenvalue weighted by Gasteiger charge is 2.50. The molecule has 2 fully saturated rings. The van der Waals surface area contributed by atoms with Crippen LogP contribution < -0.4 is 0 Å². The van der Waals surface area contributed by atoms with E-state index < -0.39 is 0 Å². The molecule has 3 nitrogen and oxygen atoms in total. The normalized spacial score (nSPS) is 40.7. The molecule has 2 heterocycles. The molecule has 3 heteroatoms. The Morgan fingerprint density at radius 1 is 1.53 bits per heavy atom. The molecule has 2 aliphatic rings. The van der Waals surface area contributed by atoms with Crippen LogP contribution in [0.5, 0.6) is 0 Å². The summed E-state index contributed by atoms with van der Waals surface area (Å²) in [7, 11) is 0. The third-order valence-corrected chi connectivity index (χ3v) is 3.91. The predicted molar refractivity (Wildman–Crippen MR) is 65.7 cm³/mol. The third kappa shape index (κ3) is 2.71. The fourth-order valence-corrected chi connectivity index (χ4v) is 3.47. The van der Waals surface area contributed by atoms with Crippen LogP contribution >= 0.6 is 0 Å². The number of carbonyl (C=O) groups is 1. The van der Waals surface area contributed by atoms with Crippen LogP contribution in [0.1, 0.15) is 52.4 Å². The van der Waals surface area contributed by atoms with E-state index >= 15 is 0 Å². The molecule has 0 radical (unpaired) electrons. The number of fused-ring (bicyclic) bond motifs is 2. The number of carbonyl (C=O) groups excluding carboxylic acids is 1. The molecule has 0 unspecified atom stereocenters. The number of esters is 1. The lowest BCUT2D eigenvalue weighted by Gasteiger charge is -2.53. The lowest BCUT2D eigenvalue weighted by atomic mass is 9.73. The van der Waals surface area contributed by atoms with Crippen LogP contribution in [0, 0.1) is 0 Å². The molecular weight excluding hydrogens is 216 g/mol. The first-order valence-corrected chi connectivity index (χ1v) is 6.45. The Hall–Kier alpha value is -0.830. The minimum absolute atomic E-state index is 0.00602. The fraction of sp³-hybridized carbons (Fsp3) is 0.786. The van der Waals surface area contributed by atoms with E-state index in [4.69, 9.17) is 9.47 Å². The summed E-state index contributed by atoms with van der Waals surface area (Å²) in [5.74, 6) is -0.188. The van der Waals surface area contributed by atoms with Crippen LogP contribution in [0.2, 0.25) is 0 Å². The van der Waals surface area contributed by atoms with Crippen LogP contribution in [0.25, 0.3) is 0 Å². The van der Waals surface area contributed by atoms with E-state index in [2.05, 4.69) is 13.5 Å². The molecular formula is C14H22O3. The molecule has 0 spiro atoms. The monoisotopic (exact) mass is 238 g/mol. The fourth-order valence-electron chi connectivity index (χ4n) is 3.47. The van der Waals surface area contributed by atoms with E-state index in [0.717, 1.165) is 32.1 Å². The Kier molecular flexibility index (Phi) is 3.30. The van der Waals surface area contributed by atoms with Gasteiger partial charge in [-0.3, -0.25) is 4.79 Å². The maximum Gasteiger partial charge on any atom is 0.302 e. The molecule has 0 aromatic rings. The van der Waals surface area contributed by atoms with Crippen LogP contribution in [0.4, 0.5) is 0 Å². The minimum atomic E-state index is -0.188. The second-order valence-corrected chi connectivity index (χ2v) is 5.72. The molecule has 0 aromatic carbocycles. The van der Waals surface area contributed by atoms with E-state index in [1.54, 1.807) is 0 Å². The number of ether oxygens (including phenoxy) is 2. The quantitative estimate of drug-likeness (QED) is 0.560. The molecule has 2 aliphatic heterocycles. The molecule has 2 rings (SSSR count). The number of hydrogen-bond acceptors (Lipinski definition) is 3. The van der Waals surface area contributed by atoms with E-state index in [1.165, 1.54) is 13.3 Å². The van der Waals surface area contributed by atoms with Gasteiger partial charge in [-0.1, -0.05) is 6.08 Å². The van der Waals surface area contributed by atoms with Gasteiger partial charge in [0.2, 0.25) is 0 Å². The molecule has 0 aromatic heterocycles. The molecule has 17 heavy (non-hydrogen) atoms. The Bertz CT molecular complexity index is 325. The molecule has 0 amide bonds. The van der Waals surface area contributed by atoms with Crippen molar-refractivity contribution in [1.82, 2.24) is 0 Å². The van der Waals surface area contributed by atoms with Crippen LogP contribution in [-0.4, -0.2) is 23.3 Å². The summed E-state index contributed by atoms with van der Waals surface area (Å²) in [6, 6.07) is 0. The molecule has 0 saturated carbocycles. The van der Waals surface area contributed by atoms with Gasteiger partial charge in [-0.25, -0.2) is 0 Å². The SMILES string of the molecule is C=CC[C@@]12CCC[C@@](C)(C[C@H](OC(C)=O)C1)O2. The lowest BCUT2D eigenvalue weighted by Crippen LogP contribution is -2.55. The summed E-state index contributed by atoms with van der Waals surface area (Å²) >= 11 is 0. The van der Waals surface area contributed by atoms with E-state index in [-0.39, 0.29) is 23.3 Å². The second-order valence-electron chi connectivity index (χ2n) is 5.72. The van der Waals surface area contributed by atoms with Gasteiger partial charge < -0.3 is 9.47 Å². The summed E-state index contributed by atoms with van der Waals surface area (Å²) in [5, 5.41) is 0. The first-order chi connectivity index (χ1) is 7.97. The average Bonchev–Trinajstić information content (AvgIpc) is 2.13. The van der Waals surface area contributed by atoms with Gasteiger partial charge in [-0.05, 0) is 32.6 Å². The zero-order chi connectivity index (χ0) is 12.5. The molecule has 3 atom stereocenters. The highest BCUT2D eigenvalue weighted by Crippen LogP contribution is 2.48. The topological polar surface area (TPSA) is 35.5 Å². The van der Waals surface area contributed by atoms with E-state index in [1.807, 2.05) is 6.08 Å². The maximum absolute atomic E-state index is 11.1.